The number of hydrogen-bond donors (Lipinski definition) is 2. The summed E-state index contributed by atoms with van der Waals surface area (Å²) in [5.74, 6) is 0. The van der Waals surface area contributed by atoms with Gasteiger partial charge in [0.1, 0.15) is 0 Å². The number of benzene rings is 1. The summed E-state index contributed by atoms with van der Waals surface area (Å²) in [4.78, 5) is 0.0338. The zero-order valence-corrected chi connectivity index (χ0v) is 8.48. The van der Waals surface area contributed by atoms with E-state index < -0.39 is 11.6 Å². The summed E-state index contributed by atoms with van der Waals surface area (Å²) in [6, 6.07) is 5.13. The Labute approximate surface area is 89.3 Å². The molecular formula is C9H10F3NOS. The fourth-order valence-corrected chi connectivity index (χ4v) is 1.84. The minimum absolute atomic E-state index is 0.0338. The second kappa shape index (κ2) is 4.87. The number of halogens is 3. The molecule has 6 heteroatoms. The Bertz CT molecular complexity index is 329. The highest BCUT2D eigenvalue weighted by Crippen LogP contribution is 2.39. The van der Waals surface area contributed by atoms with Crippen molar-refractivity contribution in [2.75, 3.05) is 6.61 Å². The maximum absolute atomic E-state index is 12.1. The topological polar surface area (TPSA) is 46.2 Å². The second-order valence-electron chi connectivity index (χ2n) is 2.87. The van der Waals surface area contributed by atoms with Crippen LogP contribution in [0.15, 0.2) is 29.2 Å². The molecule has 1 rings (SSSR count). The lowest BCUT2D eigenvalue weighted by Gasteiger charge is -2.14. The Kier molecular flexibility index (Phi) is 4.01. The highest BCUT2D eigenvalue weighted by Gasteiger charge is 2.30. The van der Waals surface area contributed by atoms with Crippen LogP contribution in [-0.2, 0) is 0 Å². The van der Waals surface area contributed by atoms with Crippen LogP contribution in [-0.4, -0.2) is 17.2 Å². The summed E-state index contributed by atoms with van der Waals surface area (Å²) in [7, 11) is 0. The second-order valence-corrected chi connectivity index (χ2v) is 3.98. The summed E-state index contributed by atoms with van der Waals surface area (Å²) >= 11 is -0.220. The SMILES string of the molecule is N[C@@H](CO)c1ccccc1SC(F)(F)F. The van der Waals surface area contributed by atoms with Crippen molar-refractivity contribution >= 4 is 11.8 Å². The van der Waals surface area contributed by atoms with Gasteiger partial charge in [-0.3, -0.25) is 0 Å². The van der Waals surface area contributed by atoms with E-state index in [1.165, 1.54) is 18.2 Å². The van der Waals surface area contributed by atoms with Crippen molar-refractivity contribution in [3.8, 4) is 0 Å². The Balaban J connectivity index is 2.96. The maximum Gasteiger partial charge on any atom is 0.446 e. The smallest absolute Gasteiger partial charge is 0.394 e. The van der Waals surface area contributed by atoms with Gasteiger partial charge in [0.05, 0.1) is 12.6 Å². The van der Waals surface area contributed by atoms with Crippen LogP contribution < -0.4 is 5.73 Å². The quantitative estimate of drug-likeness (QED) is 0.793. The molecule has 0 unspecified atom stereocenters. The van der Waals surface area contributed by atoms with Gasteiger partial charge in [0.25, 0.3) is 0 Å². The van der Waals surface area contributed by atoms with Gasteiger partial charge >= 0.3 is 5.51 Å². The van der Waals surface area contributed by atoms with Gasteiger partial charge < -0.3 is 10.8 Å². The fourth-order valence-electron chi connectivity index (χ4n) is 1.10. The Morgan fingerprint density at radius 1 is 1.33 bits per heavy atom. The van der Waals surface area contributed by atoms with Crippen LogP contribution in [0, 0.1) is 0 Å². The molecule has 0 saturated carbocycles. The molecule has 1 aromatic carbocycles. The molecule has 1 atom stereocenters. The first kappa shape index (κ1) is 12.4. The molecule has 0 spiro atoms. The van der Waals surface area contributed by atoms with Crippen LogP contribution in [0.3, 0.4) is 0 Å². The zero-order valence-electron chi connectivity index (χ0n) is 7.66. The average Bonchev–Trinajstić information content (AvgIpc) is 2.15. The average molecular weight is 237 g/mol. The van der Waals surface area contributed by atoms with E-state index in [9.17, 15) is 13.2 Å². The molecule has 0 aromatic heterocycles. The summed E-state index contributed by atoms with van der Waals surface area (Å²) in [6.45, 7) is -0.380. The maximum atomic E-state index is 12.1. The lowest BCUT2D eigenvalue weighted by Crippen LogP contribution is -2.16. The molecule has 1 aromatic rings. The summed E-state index contributed by atoms with van der Waals surface area (Å²) in [6.07, 6.45) is 0. The van der Waals surface area contributed by atoms with Crippen LogP contribution in [0.25, 0.3) is 0 Å². The highest BCUT2D eigenvalue weighted by molar-refractivity contribution is 8.00. The predicted molar refractivity (Wildman–Crippen MR) is 52.4 cm³/mol. The lowest BCUT2D eigenvalue weighted by molar-refractivity contribution is -0.0328. The van der Waals surface area contributed by atoms with Gasteiger partial charge in [0.15, 0.2) is 0 Å². The first-order valence-corrected chi connectivity index (χ1v) is 4.97. The molecule has 84 valence electrons. The zero-order chi connectivity index (χ0) is 11.5. The van der Waals surface area contributed by atoms with E-state index in [-0.39, 0.29) is 23.3 Å². The van der Waals surface area contributed by atoms with Gasteiger partial charge in [0, 0.05) is 4.90 Å². The van der Waals surface area contributed by atoms with Crippen molar-refractivity contribution in [3.05, 3.63) is 29.8 Å². The molecule has 3 N–H and O–H groups in total. The van der Waals surface area contributed by atoms with Crippen molar-refractivity contribution in [2.24, 2.45) is 5.73 Å². The predicted octanol–water partition coefficient (Wildman–Crippen LogP) is 2.29. The number of thioether (sulfide) groups is 1. The van der Waals surface area contributed by atoms with E-state index in [1.54, 1.807) is 6.07 Å². The Morgan fingerprint density at radius 2 is 1.93 bits per heavy atom. The number of nitrogens with two attached hydrogens (primary N) is 1. The third kappa shape index (κ3) is 3.73. The lowest BCUT2D eigenvalue weighted by atomic mass is 10.1. The minimum atomic E-state index is -4.34. The molecular weight excluding hydrogens is 227 g/mol. The first-order valence-electron chi connectivity index (χ1n) is 4.15. The summed E-state index contributed by atoms with van der Waals surface area (Å²) in [5.41, 5.74) is 1.45. The molecule has 0 saturated heterocycles. The van der Waals surface area contributed by atoms with Crippen molar-refractivity contribution in [1.29, 1.82) is 0 Å². The molecule has 0 aliphatic carbocycles. The number of hydrogen-bond acceptors (Lipinski definition) is 3. The summed E-state index contributed by atoms with van der Waals surface area (Å²) in [5, 5.41) is 8.80. The molecule has 0 aliphatic heterocycles. The monoisotopic (exact) mass is 237 g/mol. The van der Waals surface area contributed by atoms with Crippen molar-refractivity contribution in [1.82, 2.24) is 0 Å². The third-order valence-electron chi connectivity index (χ3n) is 1.74. The van der Waals surface area contributed by atoms with E-state index in [2.05, 4.69) is 0 Å². The van der Waals surface area contributed by atoms with Gasteiger partial charge in [0.2, 0.25) is 0 Å². The van der Waals surface area contributed by atoms with Crippen molar-refractivity contribution < 1.29 is 18.3 Å². The molecule has 0 heterocycles. The van der Waals surface area contributed by atoms with Crippen LogP contribution in [0.1, 0.15) is 11.6 Å². The first-order chi connectivity index (χ1) is 6.94. The van der Waals surface area contributed by atoms with E-state index in [1.807, 2.05) is 0 Å². The van der Waals surface area contributed by atoms with Crippen molar-refractivity contribution in [2.45, 2.75) is 16.4 Å². The van der Waals surface area contributed by atoms with E-state index in [0.29, 0.717) is 5.56 Å². The van der Waals surface area contributed by atoms with Gasteiger partial charge in [-0.1, -0.05) is 18.2 Å². The van der Waals surface area contributed by atoms with Gasteiger partial charge in [-0.05, 0) is 23.4 Å². The minimum Gasteiger partial charge on any atom is -0.394 e. The molecule has 0 radical (unpaired) electrons. The van der Waals surface area contributed by atoms with Gasteiger partial charge in [-0.15, -0.1) is 0 Å². The van der Waals surface area contributed by atoms with Crippen LogP contribution >= 0.6 is 11.8 Å². The molecule has 0 fully saturated rings. The van der Waals surface area contributed by atoms with E-state index in [4.69, 9.17) is 10.8 Å². The van der Waals surface area contributed by atoms with Crippen LogP contribution in [0.2, 0.25) is 0 Å². The number of aliphatic hydroxyl groups excluding tert-OH is 1. The van der Waals surface area contributed by atoms with Crippen LogP contribution in [0.4, 0.5) is 13.2 Å². The molecule has 0 bridgehead atoms. The molecule has 0 amide bonds. The van der Waals surface area contributed by atoms with Crippen molar-refractivity contribution in [3.63, 3.8) is 0 Å². The van der Waals surface area contributed by atoms with Gasteiger partial charge in [-0.25, -0.2) is 0 Å². The van der Waals surface area contributed by atoms with E-state index >= 15 is 0 Å². The number of alkyl halides is 3. The summed E-state index contributed by atoms with van der Waals surface area (Å²) < 4.78 is 36.4. The Morgan fingerprint density at radius 3 is 2.47 bits per heavy atom. The fraction of sp³-hybridized carbons (Fsp3) is 0.333. The molecule has 0 aliphatic rings. The molecule has 15 heavy (non-hydrogen) atoms. The normalized spacial score (nSPS) is 13.9. The van der Waals surface area contributed by atoms with Gasteiger partial charge in [-0.2, -0.15) is 13.2 Å². The molecule has 2 nitrogen and oxygen atoms in total. The number of rotatable bonds is 3. The standard InChI is InChI=1S/C9H10F3NOS/c10-9(11,12)15-8-4-2-1-3-6(8)7(13)5-14/h1-4,7,14H,5,13H2/t7-/m0/s1. The van der Waals surface area contributed by atoms with Crippen LogP contribution in [0.5, 0.6) is 0 Å². The largest absolute Gasteiger partial charge is 0.446 e. The number of aliphatic hydroxyl groups is 1. The highest BCUT2D eigenvalue weighted by atomic mass is 32.2. The Hall–Kier alpha value is -0.720. The third-order valence-corrected chi connectivity index (χ3v) is 2.56. The van der Waals surface area contributed by atoms with E-state index in [0.717, 1.165) is 0 Å².